The first kappa shape index (κ1) is 29.1. The first-order valence-corrected chi connectivity index (χ1v) is 13.5. The van der Waals surface area contributed by atoms with E-state index < -0.39 is 30.6 Å². The number of nitrogens with one attached hydrogen (secondary N) is 2. The van der Waals surface area contributed by atoms with E-state index >= 15 is 0 Å². The summed E-state index contributed by atoms with van der Waals surface area (Å²) in [7, 11) is 0. The van der Waals surface area contributed by atoms with Crippen LogP contribution < -0.4 is 15.5 Å². The quantitative estimate of drug-likeness (QED) is 0.245. The van der Waals surface area contributed by atoms with Crippen LogP contribution in [0, 0.1) is 0 Å². The highest BCUT2D eigenvalue weighted by molar-refractivity contribution is 6.42. The molecule has 0 aromatic heterocycles. The van der Waals surface area contributed by atoms with Gasteiger partial charge < -0.3 is 15.7 Å². The van der Waals surface area contributed by atoms with Gasteiger partial charge in [-0.05, 0) is 84.8 Å². The van der Waals surface area contributed by atoms with Crippen molar-refractivity contribution in [2.75, 3.05) is 16.8 Å². The number of allylic oxidation sites excluding steroid dienone is 2. The van der Waals surface area contributed by atoms with Crippen LogP contribution in [0.3, 0.4) is 0 Å². The summed E-state index contributed by atoms with van der Waals surface area (Å²) in [6.07, 6.45) is 4.53. The van der Waals surface area contributed by atoms with Gasteiger partial charge in [0, 0.05) is 16.9 Å². The largest absolute Gasteiger partial charge is 0.479 e. The first-order valence-electron chi connectivity index (χ1n) is 12.8. The number of carboxylic acid groups (broad SMARTS) is 1. The minimum atomic E-state index is -2.19. The third-order valence-electron chi connectivity index (χ3n) is 6.52. The van der Waals surface area contributed by atoms with E-state index in [9.17, 15) is 18.8 Å². The number of halogens is 3. The van der Waals surface area contributed by atoms with Gasteiger partial charge in [0.1, 0.15) is 0 Å². The van der Waals surface area contributed by atoms with Gasteiger partial charge in [-0.25, -0.2) is 14.0 Å². The van der Waals surface area contributed by atoms with Gasteiger partial charge in [-0.15, -0.1) is 0 Å². The van der Waals surface area contributed by atoms with Crippen molar-refractivity contribution < 1.29 is 23.9 Å². The molecule has 3 N–H and O–H groups in total. The number of carboxylic acids is 1. The SMILES string of the molecule is O=C(NCC(F)C(=O)O)c1ccc(CN(C(=O)Nc2ccc(Cl)c(Cl)c2)c2ccc(C3=CCCCC3)cc2)cc1. The molecule has 0 heterocycles. The Kier molecular flexibility index (Phi) is 9.79. The molecule has 4 rings (SSSR count). The van der Waals surface area contributed by atoms with Gasteiger partial charge in [0.05, 0.1) is 23.1 Å². The molecule has 3 aromatic carbocycles. The molecule has 0 spiro atoms. The molecule has 40 heavy (non-hydrogen) atoms. The van der Waals surface area contributed by atoms with E-state index in [1.165, 1.54) is 24.1 Å². The molecule has 0 bridgehead atoms. The molecule has 1 aliphatic carbocycles. The minimum Gasteiger partial charge on any atom is -0.479 e. The van der Waals surface area contributed by atoms with Crippen LogP contribution >= 0.6 is 23.2 Å². The van der Waals surface area contributed by atoms with Crippen LogP contribution in [0.15, 0.2) is 72.8 Å². The number of nitrogens with zero attached hydrogens (tertiary/aromatic N) is 1. The van der Waals surface area contributed by atoms with Crippen molar-refractivity contribution in [1.82, 2.24) is 5.32 Å². The van der Waals surface area contributed by atoms with E-state index in [4.69, 9.17) is 28.3 Å². The normalized spacial score (nSPS) is 13.6. The molecule has 1 aliphatic rings. The van der Waals surface area contributed by atoms with Gasteiger partial charge in [-0.1, -0.05) is 53.5 Å². The summed E-state index contributed by atoms with van der Waals surface area (Å²) in [6.45, 7) is -0.450. The predicted octanol–water partition coefficient (Wildman–Crippen LogP) is 7.34. The second-order valence-corrected chi connectivity index (χ2v) is 10.2. The highest BCUT2D eigenvalue weighted by Crippen LogP contribution is 2.30. The fraction of sp³-hybridized carbons (Fsp3) is 0.233. The lowest BCUT2D eigenvalue weighted by molar-refractivity contribution is -0.142. The Morgan fingerprint density at radius 1 is 0.950 bits per heavy atom. The Morgan fingerprint density at radius 2 is 1.68 bits per heavy atom. The molecule has 0 saturated carbocycles. The van der Waals surface area contributed by atoms with Crippen LogP contribution in [0.25, 0.3) is 5.57 Å². The van der Waals surface area contributed by atoms with Gasteiger partial charge in [0.2, 0.25) is 6.17 Å². The second kappa shape index (κ2) is 13.5. The summed E-state index contributed by atoms with van der Waals surface area (Å²) in [5.74, 6) is -2.24. The van der Waals surface area contributed by atoms with E-state index in [0.717, 1.165) is 30.4 Å². The van der Waals surface area contributed by atoms with Crippen LogP contribution in [-0.4, -0.2) is 35.7 Å². The van der Waals surface area contributed by atoms with E-state index in [1.54, 1.807) is 35.2 Å². The fourth-order valence-corrected chi connectivity index (χ4v) is 4.61. The zero-order chi connectivity index (χ0) is 28.6. The van der Waals surface area contributed by atoms with Crippen molar-refractivity contribution in [2.24, 2.45) is 0 Å². The molecule has 7 nitrogen and oxygen atoms in total. The van der Waals surface area contributed by atoms with Gasteiger partial charge in [-0.3, -0.25) is 9.69 Å². The number of rotatable bonds is 9. The Morgan fingerprint density at radius 3 is 2.30 bits per heavy atom. The van der Waals surface area contributed by atoms with Crippen molar-refractivity contribution in [2.45, 2.75) is 38.4 Å². The Hall–Kier alpha value is -3.88. The topological polar surface area (TPSA) is 98.7 Å². The molecular formula is C30H28Cl2FN3O4. The number of hydrogen-bond donors (Lipinski definition) is 3. The summed E-state index contributed by atoms with van der Waals surface area (Å²) in [5.41, 5.74) is 4.55. The lowest BCUT2D eigenvalue weighted by atomic mass is 9.93. The van der Waals surface area contributed by atoms with Crippen molar-refractivity contribution in [3.05, 3.63) is 99.5 Å². The molecule has 10 heteroatoms. The van der Waals surface area contributed by atoms with Crippen LogP contribution in [0.1, 0.15) is 47.2 Å². The molecule has 3 amide bonds. The Balaban J connectivity index is 1.53. The average Bonchev–Trinajstić information content (AvgIpc) is 2.97. The molecule has 1 atom stereocenters. The maximum atomic E-state index is 13.5. The van der Waals surface area contributed by atoms with E-state index in [1.807, 2.05) is 24.3 Å². The van der Waals surface area contributed by atoms with E-state index in [2.05, 4.69) is 16.7 Å². The van der Waals surface area contributed by atoms with Crippen molar-refractivity contribution in [1.29, 1.82) is 0 Å². The van der Waals surface area contributed by atoms with E-state index in [-0.39, 0.29) is 12.1 Å². The van der Waals surface area contributed by atoms with Gasteiger partial charge >= 0.3 is 12.0 Å². The molecule has 208 valence electrons. The number of urea groups is 1. The minimum absolute atomic E-state index is 0.183. The number of anilines is 2. The molecule has 0 saturated heterocycles. The van der Waals surface area contributed by atoms with Crippen LogP contribution in [0.5, 0.6) is 0 Å². The smallest absolute Gasteiger partial charge is 0.340 e. The van der Waals surface area contributed by atoms with Gasteiger partial charge in [-0.2, -0.15) is 0 Å². The Labute approximate surface area is 241 Å². The number of benzene rings is 3. The zero-order valence-electron chi connectivity index (χ0n) is 21.5. The summed E-state index contributed by atoms with van der Waals surface area (Å²) in [4.78, 5) is 37.9. The molecule has 1 unspecified atom stereocenters. The highest BCUT2D eigenvalue weighted by atomic mass is 35.5. The van der Waals surface area contributed by atoms with Crippen LogP contribution in [0.2, 0.25) is 10.0 Å². The van der Waals surface area contributed by atoms with E-state index in [0.29, 0.717) is 21.4 Å². The fourth-order valence-electron chi connectivity index (χ4n) is 4.32. The summed E-state index contributed by atoms with van der Waals surface area (Å²) < 4.78 is 13.3. The lowest BCUT2D eigenvalue weighted by Crippen LogP contribution is -2.35. The first-order chi connectivity index (χ1) is 19.2. The molecule has 0 fully saturated rings. The van der Waals surface area contributed by atoms with Crippen LogP contribution in [-0.2, 0) is 11.3 Å². The monoisotopic (exact) mass is 583 g/mol. The van der Waals surface area contributed by atoms with Crippen molar-refractivity contribution in [3.8, 4) is 0 Å². The number of aliphatic carboxylic acids is 1. The standard InChI is InChI=1S/C30H28Cl2FN3O4/c31-25-15-12-23(16-26(25)32)35-30(40)36(24-13-10-21(11-14-24)20-4-2-1-3-5-20)18-19-6-8-22(9-7-19)28(37)34-17-27(33)29(38)39/h4,6-16,27H,1-3,5,17-18H2,(H,34,37)(H,35,40)(H,38,39). The highest BCUT2D eigenvalue weighted by Gasteiger charge is 2.19. The maximum Gasteiger partial charge on any atom is 0.340 e. The van der Waals surface area contributed by atoms with Gasteiger partial charge in [0.15, 0.2) is 0 Å². The number of carbonyl (C=O) groups excluding carboxylic acids is 2. The van der Waals surface area contributed by atoms with Crippen molar-refractivity contribution >= 4 is 58.1 Å². The number of amides is 3. The average molecular weight is 584 g/mol. The number of hydrogen-bond acceptors (Lipinski definition) is 3. The van der Waals surface area contributed by atoms with Crippen molar-refractivity contribution in [3.63, 3.8) is 0 Å². The number of carbonyl (C=O) groups is 3. The third kappa shape index (κ3) is 7.61. The second-order valence-electron chi connectivity index (χ2n) is 9.38. The summed E-state index contributed by atoms with van der Waals surface area (Å²) in [5, 5.41) is 14.4. The third-order valence-corrected chi connectivity index (χ3v) is 7.26. The lowest BCUT2D eigenvalue weighted by Gasteiger charge is -2.24. The maximum absolute atomic E-state index is 13.5. The van der Waals surface area contributed by atoms with Gasteiger partial charge in [0.25, 0.3) is 5.91 Å². The Bertz CT molecular complexity index is 1410. The predicted molar refractivity (Wildman–Crippen MR) is 156 cm³/mol. The van der Waals surface area contributed by atoms with Crippen LogP contribution in [0.4, 0.5) is 20.6 Å². The molecule has 3 aromatic rings. The molecular weight excluding hydrogens is 556 g/mol. The molecule has 0 radical (unpaired) electrons. The summed E-state index contributed by atoms with van der Waals surface area (Å²) in [6, 6.07) is 18.7. The number of alkyl halides is 1. The summed E-state index contributed by atoms with van der Waals surface area (Å²) >= 11 is 12.1. The molecule has 0 aliphatic heterocycles. The zero-order valence-corrected chi connectivity index (χ0v) is 23.0.